The van der Waals surface area contributed by atoms with Gasteiger partial charge in [-0.25, -0.2) is 0 Å². The van der Waals surface area contributed by atoms with Crippen LogP contribution in [0.1, 0.15) is 48.4 Å². The average Bonchev–Trinajstić information content (AvgIpc) is 3.00. The van der Waals surface area contributed by atoms with Crippen LogP contribution in [0.25, 0.3) is 11.1 Å². The normalized spacial score (nSPS) is 13.6. The fourth-order valence-corrected chi connectivity index (χ4v) is 4.65. The molecule has 1 aliphatic rings. The molecule has 0 aromatic heterocycles. The van der Waals surface area contributed by atoms with Gasteiger partial charge in [-0.1, -0.05) is 24.3 Å². The van der Waals surface area contributed by atoms with Crippen LogP contribution in [0, 0.1) is 25.2 Å². The number of rotatable bonds is 14. The fourth-order valence-electron chi connectivity index (χ4n) is 4.65. The van der Waals surface area contributed by atoms with E-state index < -0.39 is 18.1 Å². The first-order valence-electron chi connectivity index (χ1n) is 14.1. The summed E-state index contributed by atoms with van der Waals surface area (Å²) < 4.78 is 23.8. The van der Waals surface area contributed by atoms with Crippen LogP contribution in [0.2, 0.25) is 0 Å². The number of aliphatic carboxylic acids is 1. The Morgan fingerprint density at radius 3 is 2.55 bits per heavy atom. The van der Waals surface area contributed by atoms with Gasteiger partial charge in [0.05, 0.1) is 19.3 Å². The molecular formula is C33H38N2O7. The number of fused-ring (bicyclic) bond motifs is 1. The van der Waals surface area contributed by atoms with Gasteiger partial charge in [0.1, 0.15) is 36.9 Å². The number of nitriles is 1. The molecule has 0 radical (unpaired) electrons. The molecule has 222 valence electrons. The molecule has 1 heterocycles. The molecule has 9 heteroatoms. The number of carboxylic acid groups (broad SMARTS) is 1. The highest BCUT2D eigenvalue weighted by Crippen LogP contribution is 2.36. The molecule has 0 spiro atoms. The molecular weight excluding hydrogens is 536 g/mol. The molecule has 4 rings (SSSR count). The zero-order chi connectivity index (χ0) is 30.1. The smallest absolute Gasteiger partial charge is 0.326 e. The van der Waals surface area contributed by atoms with Crippen molar-refractivity contribution in [2.45, 2.75) is 58.7 Å². The highest BCUT2D eigenvalue weighted by Gasteiger charge is 2.32. The SMILES string of the molecule is Cc1cc(CN[C@@](C)(CO)C(=O)O)c(OCCCCC#N)cc1OCc1cccc(-c2ccc3c(c2)OCCO3)c1C. The highest BCUT2D eigenvalue weighted by atomic mass is 16.6. The molecule has 1 aliphatic heterocycles. The Labute approximate surface area is 246 Å². The van der Waals surface area contributed by atoms with E-state index in [0.717, 1.165) is 51.3 Å². The number of carbonyl (C=O) groups is 1. The van der Waals surface area contributed by atoms with Crippen molar-refractivity contribution in [2.75, 3.05) is 26.4 Å². The topological polar surface area (TPSA) is 130 Å². The maximum atomic E-state index is 11.7. The van der Waals surface area contributed by atoms with E-state index in [0.29, 0.717) is 50.8 Å². The summed E-state index contributed by atoms with van der Waals surface area (Å²) in [5, 5.41) is 30.9. The number of aryl methyl sites for hydroxylation is 1. The van der Waals surface area contributed by atoms with Gasteiger partial charge in [-0.15, -0.1) is 0 Å². The summed E-state index contributed by atoms with van der Waals surface area (Å²) in [6.45, 7) is 6.88. The number of aliphatic hydroxyl groups excluding tert-OH is 1. The lowest BCUT2D eigenvalue weighted by molar-refractivity contribution is -0.145. The van der Waals surface area contributed by atoms with Crippen molar-refractivity contribution in [1.29, 1.82) is 5.26 Å². The average molecular weight is 575 g/mol. The Morgan fingerprint density at radius 1 is 1.02 bits per heavy atom. The second-order valence-corrected chi connectivity index (χ2v) is 10.6. The number of nitrogens with one attached hydrogen (secondary N) is 1. The van der Waals surface area contributed by atoms with Crippen LogP contribution >= 0.6 is 0 Å². The van der Waals surface area contributed by atoms with Crippen molar-refractivity contribution in [3.05, 3.63) is 70.8 Å². The van der Waals surface area contributed by atoms with Gasteiger partial charge in [0.2, 0.25) is 0 Å². The minimum atomic E-state index is -1.49. The Kier molecular flexibility index (Phi) is 10.3. The molecule has 0 aliphatic carbocycles. The number of unbranched alkanes of at least 4 members (excludes halogenated alkanes) is 2. The predicted octanol–water partition coefficient (Wildman–Crippen LogP) is 5.32. The molecule has 3 N–H and O–H groups in total. The summed E-state index contributed by atoms with van der Waals surface area (Å²) in [6, 6.07) is 18.0. The van der Waals surface area contributed by atoms with Crippen LogP contribution in [0.5, 0.6) is 23.0 Å². The molecule has 1 atom stereocenters. The van der Waals surface area contributed by atoms with E-state index in [1.807, 2.05) is 49.4 Å². The van der Waals surface area contributed by atoms with Gasteiger partial charge in [0.25, 0.3) is 0 Å². The number of hydrogen-bond donors (Lipinski definition) is 3. The first-order chi connectivity index (χ1) is 20.3. The molecule has 0 unspecified atom stereocenters. The number of carboxylic acids is 1. The Morgan fingerprint density at radius 2 is 1.81 bits per heavy atom. The summed E-state index contributed by atoms with van der Waals surface area (Å²) in [5.74, 6) is 1.57. The number of nitrogens with zero attached hydrogens (tertiary/aromatic N) is 1. The van der Waals surface area contributed by atoms with Gasteiger partial charge < -0.3 is 29.2 Å². The van der Waals surface area contributed by atoms with E-state index in [2.05, 4.69) is 24.4 Å². The van der Waals surface area contributed by atoms with Crippen molar-refractivity contribution in [1.82, 2.24) is 5.32 Å². The van der Waals surface area contributed by atoms with E-state index in [9.17, 15) is 15.0 Å². The van der Waals surface area contributed by atoms with Gasteiger partial charge in [-0.05, 0) is 79.6 Å². The van der Waals surface area contributed by atoms with E-state index in [-0.39, 0.29) is 6.54 Å². The maximum absolute atomic E-state index is 11.7. The predicted molar refractivity (Wildman–Crippen MR) is 158 cm³/mol. The molecule has 42 heavy (non-hydrogen) atoms. The number of aliphatic hydroxyl groups is 1. The Hall–Kier alpha value is -4.26. The van der Waals surface area contributed by atoms with Crippen molar-refractivity contribution >= 4 is 5.97 Å². The standard InChI is InChI=1S/C33H38N2O7/c1-22-16-26(19-35-33(3,21-36)32(37)38)30(39-13-6-4-5-12-34)18-29(22)42-20-25-8-7-9-27(23(25)2)24-10-11-28-31(17-24)41-15-14-40-28/h7-11,16-18,35-36H,4-6,13-15,19-21H2,1-3H3,(H,37,38)/t33-/m0/s1. The second-order valence-electron chi connectivity index (χ2n) is 10.6. The first-order valence-corrected chi connectivity index (χ1v) is 14.1. The molecule has 0 saturated heterocycles. The molecule has 9 nitrogen and oxygen atoms in total. The van der Waals surface area contributed by atoms with E-state index in [1.165, 1.54) is 6.92 Å². The minimum absolute atomic E-state index is 0.175. The van der Waals surface area contributed by atoms with Gasteiger partial charge in [-0.2, -0.15) is 5.26 Å². The highest BCUT2D eigenvalue weighted by molar-refractivity contribution is 5.78. The van der Waals surface area contributed by atoms with Crippen LogP contribution in [0.3, 0.4) is 0 Å². The number of benzene rings is 3. The quantitative estimate of drug-likeness (QED) is 0.219. The van der Waals surface area contributed by atoms with Gasteiger partial charge in [-0.3, -0.25) is 10.1 Å². The third kappa shape index (κ3) is 7.32. The monoisotopic (exact) mass is 574 g/mol. The third-order valence-electron chi connectivity index (χ3n) is 7.44. The lowest BCUT2D eigenvalue weighted by atomic mass is 9.96. The van der Waals surface area contributed by atoms with Crippen molar-refractivity contribution < 1.29 is 34.0 Å². The summed E-state index contributed by atoms with van der Waals surface area (Å²) in [4.78, 5) is 11.7. The fraction of sp³-hybridized carbons (Fsp3) is 0.394. The minimum Gasteiger partial charge on any atom is -0.493 e. The van der Waals surface area contributed by atoms with E-state index >= 15 is 0 Å². The molecule has 0 amide bonds. The molecule has 3 aromatic carbocycles. The van der Waals surface area contributed by atoms with Crippen molar-refractivity contribution in [2.24, 2.45) is 0 Å². The maximum Gasteiger partial charge on any atom is 0.326 e. The zero-order valence-electron chi connectivity index (χ0n) is 24.4. The molecule has 0 fully saturated rings. The third-order valence-corrected chi connectivity index (χ3v) is 7.44. The lowest BCUT2D eigenvalue weighted by Crippen LogP contribution is -2.52. The van der Waals surface area contributed by atoms with Crippen molar-refractivity contribution in [3.8, 4) is 40.2 Å². The summed E-state index contributed by atoms with van der Waals surface area (Å²) in [7, 11) is 0. The van der Waals surface area contributed by atoms with E-state index in [1.54, 1.807) is 0 Å². The first kappa shape index (κ1) is 30.7. The molecule has 0 saturated carbocycles. The van der Waals surface area contributed by atoms with Gasteiger partial charge in [0, 0.05) is 24.6 Å². The van der Waals surface area contributed by atoms with Crippen LogP contribution in [-0.4, -0.2) is 48.1 Å². The summed E-state index contributed by atoms with van der Waals surface area (Å²) in [5.41, 5.74) is 4.37. The van der Waals surface area contributed by atoms with Gasteiger partial charge >= 0.3 is 5.97 Å². The Bertz CT molecular complexity index is 1450. The largest absolute Gasteiger partial charge is 0.493 e. The van der Waals surface area contributed by atoms with Crippen molar-refractivity contribution in [3.63, 3.8) is 0 Å². The summed E-state index contributed by atoms with van der Waals surface area (Å²) >= 11 is 0. The zero-order valence-corrected chi connectivity index (χ0v) is 24.4. The number of ether oxygens (including phenoxy) is 4. The second kappa shape index (κ2) is 14.1. The summed E-state index contributed by atoms with van der Waals surface area (Å²) in [6.07, 6.45) is 1.89. The van der Waals surface area contributed by atoms with Crippen LogP contribution in [0.15, 0.2) is 48.5 Å². The van der Waals surface area contributed by atoms with Crippen LogP contribution in [-0.2, 0) is 17.9 Å². The Balaban J connectivity index is 1.53. The molecule has 0 bridgehead atoms. The lowest BCUT2D eigenvalue weighted by Gasteiger charge is -2.25. The molecule has 3 aromatic rings. The van der Waals surface area contributed by atoms with E-state index in [4.69, 9.17) is 24.2 Å². The van der Waals surface area contributed by atoms with Crippen LogP contribution in [0.4, 0.5) is 0 Å². The van der Waals surface area contributed by atoms with Gasteiger partial charge in [0.15, 0.2) is 11.5 Å². The number of hydrogen-bond acceptors (Lipinski definition) is 8. The van der Waals surface area contributed by atoms with Crippen LogP contribution < -0.4 is 24.3 Å².